The number of rotatable bonds is 8. The van der Waals surface area contributed by atoms with Gasteiger partial charge in [-0.1, -0.05) is 55.5 Å². The number of benzene rings is 2. The van der Waals surface area contributed by atoms with Gasteiger partial charge >= 0.3 is 0 Å². The third kappa shape index (κ3) is 5.69. The molecule has 0 fully saturated rings. The van der Waals surface area contributed by atoms with Gasteiger partial charge in [0.25, 0.3) is 0 Å². The summed E-state index contributed by atoms with van der Waals surface area (Å²) in [6, 6.07) is 22.1. The van der Waals surface area contributed by atoms with Crippen LogP contribution in [0.15, 0.2) is 72.9 Å². The summed E-state index contributed by atoms with van der Waals surface area (Å²) in [4.78, 5) is 4.70. The number of allylic oxidation sites excluding steroid dienone is 1. The highest BCUT2D eigenvalue weighted by Crippen LogP contribution is 2.34. The molecule has 0 radical (unpaired) electrons. The molecule has 1 heterocycles. The Hall–Kier alpha value is -2.62. The largest absolute Gasteiger partial charge is 0.508 e. The molecule has 0 saturated heterocycles. The van der Waals surface area contributed by atoms with Gasteiger partial charge in [-0.3, -0.25) is 4.98 Å². The number of halogens is 1. The summed E-state index contributed by atoms with van der Waals surface area (Å²) < 4.78 is 1.67. The minimum absolute atomic E-state index is 0.267. The molecular formula is C25H27ClN2O. The van der Waals surface area contributed by atoms with Crippen LogP contribution in [0.25, 0.3) is 11.1 Å². The van der Waals surface area contributed by atoms with Crippen molar-refractivity contribution in [1.29, 1.82) is 0 Å². The summed E-state index contributed by atoms with van der Waals surface area (Å²) in [7, 11) is 1.86. The van der Waals surface area contributed by atoms with E-state index in [9.17, 15) is 5.11 Å². The summed E-state index contributed by atoms with van der Waals surface area (Å²) in [5, 5.41) is 9.74. The molecular weight excluding hydrogens is 380 g/mol. The van der Waals surface area contributed by atoms with Crippen molar-refractivity contribution in [3.63, 3.8) is 0 Å². The molecule has 4 heteroatoms. The first-order valence-electron chi connectivity index (χ1n) is 9.98. The van der Waals surface area contributed by atoms with Crippen LogP contribution in [-0.2, 0) is 6.42 Å². The lowest BCUT2D eigenvalue weighted by molar-refractivity contribution is 0.475. The lowest BCUT2D eigenvalue weighted by Gasteiger charge is -2.16. The normalized spacial score (nSPS) is 12.1. The molecule has 1 aromatic heterocycles. The van der Waals surface area contributed by atoms with Gasteiger partial charge in [0.05, 0.1) is 0 Å². The lowest BCUT2D eigenvalue weighted by Crippen LogP contribution is -2.07. The minimum Gasteiger partial charge on any atom is -0.508 e. The molecule has 3 rings (SSSR count). The van der Waals surface area contributed by atoms with Gasteiger partial charge in [-0.15, -0.1) is 0 Å². The Balaban J connectivity index is 2.02. The van der Waals surface area contributed by atoms with E-state index in [-0.39, 0.29) is 5.75 Å². The van der Waals surface area contributed by atoms with E-state index in [1.807, 2.05) is 31.4 Å². The number of aromatic hydroxyl groups is 1. The first-order chi connectivity index (χ1) is 14.1. The maximum Gasteiger partial charge on any atom is 0.115 e. The molecule has 0 unspecified atom stereocenters. The van der Waals surface area contributed by atoms with Crippen LogP contribution in [0, 0.1) is 0 Å². The van der Waals surface area contributed by atoms with E-state index in [1.54, 1.807) is 16.6 Å². The Bertz CT molecular complexity index is 933. The van der Waals surface area contributed by atoms with Gasteiger partial charge in [-0.05, 0) is 71.5 Å². The van der Waals surface area contributed by atoms with E-state index in [0.29, 0.717) is 0 Å². The number of phenols is 1. The SMILES string of the molecule is CC/C(=C(\c1ccc(O)cc1)c1ccc(CCCN(C)Cl)nc1)c1ccccc1. The van der Waals surface area contributed by atoms with Gasteiger partial charge in [-0.2, -0.15) is 0 Å². The van der Waals surface area contributed by atoms with E-state index in [1.165, 1.54) is 11.1 Å². The molecule has 0 saturated carbocycles. The molecule has 3 nitrogen and oxygen atoms in total. The van der Waals surface area contributed by atoms with Gasteiger partial charge in [-0.25, -0.2) is 4.42 Å². The van der Waals surface area contributed by atoms with E-state index in [2.05, 4.69) is 43.3 Å². The van der Waals surface area contributed by atoms with Gasteiger partial charge in [0, 0.05) is 31.0 Å². The lowest BCUT2D eigenvalue weighted by atomic mass is 9.89. The van der Waals surface area contributed by atoms with Crippen molar-refractivity contribution >= 4 is 22.9 Å². The van der Waals surface area contributed by atoms with Crippen LogP contribution in [0.2, 0.25) is 0 Å². The molecule has 29 heavy (non-hydrogen) atoms. The van der Waals surface area contributed by atoms with Crippen LogP contribution in [0.1, 0.15) is 42.1 Å². The average Bonchev–Trinajstić information content (AvgIpc) is 2.74. The van der Waals surface area contributed by atoms with Gasteiger partial charge in [0.15, 0.2) is 0 Å². The van der Waals surface area contributed by atoms with E-state index >= 15 is 0 Å². The van der Waals surface area contributed by atoms with Crippen LogP contribution >= 0.6 is 11.8 Å². The number of aromatic nitrogens is 1. The number of hydrogen-bond donors (Lipinski definition) is 1. The number of aryl methyl sites for hydroxylation is 1. The zero-order chi connectivity index (χ0) is 20.6. The zero-order valence-electron chi connectivity index (χ0n) is 17.0. The summed E-state index contributed by atoms with van der Waals surface area (Å²) in [5.41, 5.74) is 6.83. The number of phenolic OH excluding ortho intramolecular Hbond substituents is 1. The predicted octanol–water partition coefficient (Wildman–Crippen LogP) is 6.17. The first-order valence-corrected chi connectivity index (χ1v) is 10.3. The Morgan fingerprint density at radius 2 is 1.62 bits per heavy atom. The van der Waals surface area contributed by atoms with Crippen molar-refractivity contribution in [2.45, 2.75) is 26.2 Å². The molecule has 150 valence electrons. The van der Waals surface area contributed by atoms with Crippen molar-refractivity contribution < 1.29 is 5.11 Å². The average molecular weight is 407 g/mol. The monoisotopic (exact) mass is 406 g/mol. The molecule has 0 spiro atoms. The fraction of sp³-hybridized carbons (Fsp3) is 0.240. The molecule has 3 aromatic rings. The van der Waals surface area contributed by atoms with Crippen LogP contribution in [0.5, 0.6) is 5.75 Å². The fourth-order valence-corrected chi connectivity index (χ4v) is 3.63. The fourth-order valence-electron chi connectivity index (χ4n) is 3.51. The molecule has 0 amide bonds. The smallest absolute Gasteiger partial charge is 0.115 e. The van der Waals surface area contributed by atoms with Crippen LogP contribution in [0.3, 0.4) is 0 Å². The molecule has 0 atom stereocenters. The third-order valence-corrected chi connectivity index (χ3v) is 5.12. The first kappa shape index (κ1) is 21.1. The summed E-state index contributed by atoms with van der Waals surface area (Å²) in [6.45, 7) is 3.00. The number of hydrogen-bond acceptors (Lipinski definition) is 3. The van der Waals surface area contributed by atoms with Crippen molar-refractivity contribution in [1.82, 2.24) is 9.40 Å². The molecule has 1 N–H and O–H groups in total. The van der Waals surface area contributed by atoms with Crippen LogP contribution in [0.4, 0.5) is 0 Å². The standard InChI is InChI=1S/C25H27ClN2O/c1-3-24(19-8-5-4-6-9-19)25(20-12-15-23(29)16-13-20)21-11-14-22(27-18-21)10-7-17-28(2)26/h4-6,8-9,11-16,18,29H,3,7,10,17H2,1-2H3/b25-24-. The summed E-state index contributed by atoms with van der Waals surface area (Å²) in [6.07, 6.45) is 4.72. The highest BCUT2D eigenvalue weighted by atomic mass is 35.5. The minimum atomic E-state index is 0.267. The quantitative estimate of drug-likeness (QED) is 0.358. The second-order valence-corrected chi connectivity index (χ2v) is 7.67. The molecule has 0 aliphatic heterocycles. The number of pyridine rings is 1. The second-order valence-electron chi connectivity index (χ2n) is 7.09. The van der Waals surface area contributed by atoms with Gasteiger partial charge in [0.2, 0.25) is 0 Å². The number of nitrogens with zero attached hydrogens (tertiary/aromatic N) is 2. The van der Waals surface area contributed by atoms with Gasteiger partial charge in [0.1, 0.15) is 5.75 Å². The van der Waals surface area contributed by atoms with Crippen molar-refractivity contribution in [3.05, 3.63) is 95.3 Å². The predicted molar refractivity (Wildman–Crippen MR) is 122 cm³/mol. The van der Waals surface area contributed by atoms with E-state index < -0.39 is 0 Å². The Morgan fingerprint density at radius 1 is 0.931 bits per heavy atom. The second kappa shape index (κ2) is 10.2. The van der Waals surface area contributed by atoms with E-state index in [0.717, 1.165) is 48.2 Å². The van der Waals surface area contributed by atoms with Crippen molar-refractivity contribution in [2.24, 2.45) is 0 Å². The topological polar surface area (TPSA) is 36.4 Å². The molecule has 0 aliphatic rings. The van der Waals surface area contributed by atoms with Gasteiger partial charge < -0.3 is 5.11 Å². The maximum atomic E-state index is 9.74. The van der Waals surface area contributed by atoms with Crippen LogP contribution in [-0.4, -0.2) is 28.1 Å². The third-order valence-electron chi connectivity index (χ3n) is 4.95. The van der Waals surface area contributed by atoms with E-state index in [4.69, 9.17) is 16.8 Å². The highest BCUT2D eigenvalue weighted by molar-refractivity contribution is 6.13. The van der Waals surface area contributed by atoms with Crippen molar-refractivity contribution in [3.8, 4) is 5.75 Å². The highest BCUT2D eigenvalue weighted by Gasteiger charge is 2.13. The molecule has 0 aliphatic carbocycles. The summed E-state index contributed by atoms with van der Waals surface area (Å²) in [5.74, 6) is 0.267. The Labute approximate surface area is 178 Å². The zero-order valence-corrected chi connectivity index (χ0v) is 17.7. The Morgan fingerprint density at radius 3 is 2.21 bits per heavy atom. The molecule has 2 aromatic carbocycles. The Kier molecular flexibility index (Phi) is 7.45. The molecule has 0 bridgehead atoms. The van der Waals surface area contributed by atoms with Crippen molar-refractivity contribution in [2.75, 3.05) is 13.6 Å². The van der Waals surface area contributed by atoms with Crippen LogP contribution < -0.4 is 0 Å². The summed E-state index contributed by atoms with van der Waals surface area (Å²) >= 11 is 5.89. The maximum absolute atomic E-state index is 9.74.